The monoisotopic (exact) mass is 249 g/mol. The van der Waals surface area contributed by atoms with E-state index >= 15 is 0 Å². The second kappa shape index (κ2) is 3.95. The van der Waals surface area contributed by atoms with Crippen LogP contribution in [0.1, 0.15) is 56.2 Å². The van der Waals surface area contributed by atoms with Crippen LogP contribution in [0.15, 0.2) is 0 Å². The summed E-state index contributed by atoms with van der Waals surface area (Å²) >= 11 is 1.52. The standard InChI is InChI=1S/C13H15NO2S/c14-13(16)11-8-2-1-3-9(15)12(8)17-10(11)6-7-4-5-7/h7H,1-6H2,(H2,14,16). The van der Waals surface area contributed by atoms with Crippen LogP contribution in [0.4, 0.5) is 0 Å². The number of carbonyl (C=O) groups excluding carboxylic acids is 2. The number of fused-ring (bicyclic) bond motifs is 1. The molecule has 0 bridgehead atoms. The van der Waals surface area contributed by atoms with Crippen molar-refractivity contribution in [2.45, 2.75) is 38.5 Å². The molecule has 1 aromatic rings. The van der Waals surface area contributed by atoms with Crippen molar-refractivity contribution >= 4 is 23.0 Å². The molecule has 90 valence electrons. The molecule has 0 atom stereocenters. The van der Waals surface area contributed by atoms with Crippen LogP contribution in [0.5, 0.6) is 0 Å². The summed E-state index contributed by atoms with van der Waals surface area (Å²) in [5.41, 5.74) is 7.09. The lowest BCUT2D eigenvalue weighted by atomic mass is 9.93. The Morgan fingerprint density at radius 1 is 1.35 bits per heavy atom. The summed E-state index contributed by atoms with van der Waals surface area (Å²) in [6.45, 7) is 0. The summed E-state index contributed by atoms with van der Waals surface area (Å²) in [7, 11) is 0. The Labute approximate surface area is 104 Å². The molecule has 0 aromatic carbocycles. The van der Waals surface area contributed by atoms with E-state index < -0.39 is 0 Å². The first-order valence-corrected chi connectivity index (χ1v) is 6.96. The van der Waals surface area contributed by atoms with Gasteiger partial charge in [-0.05, 0) is 43.6 Å². The maximum Gasteiger partial charge on any atom is 0.250 e. The molecular formula is C13H15NO2S. The van der Waals surface area contributed by atoms with E-state index in [0.717, 1.165) is 34.6 Å². The number of rotatable bonds is 3. The molecule has 1 heterocycles. The highest BCUT2D eigenvalue weighted by Gasteiger charge is 2.31. The minimum Gasteiger partial charge on any atom is -0.366 e. The van der Waals surface area contributed by atoms with E-state index in [1.165, 1.54) is 24.2 Å². The number of amides is 1. The topological polar surface area (TPSA) is 60.2 Å². The highest BCUT2D eigenvalue weighted by Crippen LogP contribution is 2.40. The highest BCUT2D eigenvalue weighted by molar-refractivity contribution is 7.14. The zero-order chi connectivity index (χ0) is 12.0. The fraction of sp³-hybridized carbons (Fsp3) is 0.538. The summed E-state index contributed by atoms with van der Waals surface area (Å²) in [5, 5.41) is 0. The van der Waals surface area contributed by atoms with Crippen LogP contribution in [-0.4, -0.2) is 11.7 Å². The normalized spacial score (nSPS) is 19.2. The lowest BCUT2D eigenvalue weighted by Gasteiger charge is -2.10. The number of ketones is 1. The Hall–Kier alpha value is -1.16. The predicted molar refractivity (Wildman–Crippen MR) is 66.5 cm³/mol. The summed E-state index contributed by atoms with van der Waals surface area (Å²) in [6.07, 6.45) is 5.73. The molecule has 1 fully saturated rings. The highest BCUT2D eigenvalue weighted by atomic mass is 32.1. The van der Waals surface area contributed by atoms with Gasteiger partial charge in [0.05, 0.1) is 10.4 Å². The van der Waals surface area contributed by atoms with Crippen LogP contribution in [0.2, 0.25) is 0 Å². The molecule has 0 saturated heterocycles. The Morgan fingerprint density at radius 3 is 2.76 bits per heavy atom. The smallest absolute Gasteiger partial charge is 0.250 e. The van der Waals surface area contributed by atoms with Crippen LogP contribution in [0, 0.1) is 5.92 Å². The van der Waals surface area contributed by atoms with E-state index in [1.54, 1.807) is 0 Å². The molecule has 0 unspecified atom stereocenters. The molecule has 2 aliphatic rings. The summed E-state index contributed by atoms with van der Waals surface area (Å²) in [5.74, 6) is 0.553. The van der Waals surface area contributed by atoms with Gasteiger partial charge in [-0.1, -0.05) is 0 Å². The van der Waals surface area contributed by atoms with E-state index in [1.807, 2.05) is 0 Å². The van der Waals surface area contributed by atoms with Crippen molar-refractivity contribution in [2.24, 2.45) is 11.7 Å². The number of hydrogen-bond acceptors (Lipinski definition) is 3. The fourth-order valence-corrected chi connectivity index (χ4v) is 3.97. The lowest BCUT2D eigenvalue weighted by Crippen LogP contribution is -2.17. The molecule has 2 N–H and O–H groups in total. The Bertz CT molecular complexity index is 500. The summed E-state index contributed by atoms with van der Waals surface area (Å²) in [4.78, 5) is 25.3. The van der Waals surface area contributed by atoms with Crippen molar-refractivity contribution in [3.05, 3.63) is 20.9 Å². The average molecular weight is 249 g/mol. The number of thiophene rings is 1. The number of primary amides is 1. The Morgan fingerprint density at radius 2 is 2.12 bits per heavy atom. The summed E-state index contributed by atoms with van der Waals surface area (Å²) in [6, 6.07) is 0. The van der Waals surface area contributed by atoms with Crippen LogP contribution in [0.3, 0.4) is 0 Å². The zero-order valence-corrected chi connectivity index (χ0v) is 10.4. The second-order valence-corrected chi connectivity index (χ2v) is 6.10. The first-order valence-electron chi connectivity index (χ1n) is 6.14. The van der Waals surface area contributed by atoms with Crippen molar-refractivity contribution in [2.75, 3.05) is 0 Å². The van der Waals surface area contributed by atoms with Gasteiger partial charge in [0.25, 0.3) is 0 Å². The fourth-order valence-electron chi connectivity index (χ4n) is 2.53. The van der Waals surface area contributed by atoms with Gasteiger partial charge >= 0.3 is 0 Å². The number of hydrogen-bond donors (Lipinski definition) is 1. The number of nitrogens with two attached hydrogens (primary N) is 1. The van der Waals surface area contributed by atoms with E-state index in [2.05, 4.69) is 0 Å². The molecule has 2 aliphatic carbocycles. The summed E-state index contributed by atoms with van der Waals surface area (Å²) < 4.78 is 0. The number of carbonyl (C=O) groups is 2. The van der Waals surface area contributed by atoms with Crippen LogP contribution < -0.4 is 5.73 Å². The van der Waals surface area contributed by atoms with Crippen LogP contribution >= 0.6 is 11.3 Å². The van der Waals surface area contributed by atoms with Gasteiger partial charge in [-0.25, -0.2) is 0 Å². The third-order valence-corrected chi connectivity index (χ3v) is 4.88. The largest absolute Gasteiger partial charge is 0.366 e. The quantitative estimate of drug-likeness (QED) is 0.893. The van der Waals surface area contributed by atoms with E-state index in [0.29, 0.717) is 17.9 Å². The van der Waals surface area contributed by atoms with Gasteiger partial charge in [0, 0.05) is 11.3 Å². The van der Waals surface area contributed by atoms with Gasteiger partial charge in [0.15, 0.2) is 5.78 Å². The SMILES string of the molecule is NC(=O)c1c(CC2CC2)sc2c1CCCC2=O. The molecule has 3 rings (SSSR count). The maximum absolute atomic E-state index is 11.8. The van der Waals surface area contributed by atoms with Gasteiger partial charge in [-0.2, -0.15) is 0 Å². The van der Waals surface area contributed by atoms with Crippen molar-refractivity contribution in [3.63, 3.8) is 0 Å². The molecule has 3 nitrogen and oxygen atoms in total. The van der Waals surface area contributed by atoms with Gasteiger partial charge < -0.3 is 5.73 Å². The van der Waals surface area contributed by atoms with Gasteiger partial charge in [-0.3, -0.25) is 9.59 Å². The van der Waals surface area contributed by atoms with Crippen molar-refractivity contribution in [3.8, 4) is 0 Å². The first-order chi connectivity index (χ1) is 8.16. The molecule has 0 radical (unpaired) electrons. The predicted octanol–water partition coefficient (Wildman–Crippen LogP) is 2.32. The van der Waals surface area contributed by atoms with E-state index in [9.17, 15) is 9.59 Å². The minimum absolute atomic E-state index is 0.195. The van der Waals surface area contributed by atoms with Crippen LogP contribution in [0.25, 0.3) is 0 Å². The minimum atomic E-state index is -0.354. The van der Waals surface area contributed by atoms with Crippen LogP contribution in [-0.2, 0) is 12.8 Å². The molecule has 1 aromatic heterocycles. The molecule has 1 amide bonds. The Kier molecular flexibility index (Phi) is 2.54. The van der Waals surface area contributed by atoms with Crippen molar-refractivity contribution in [1.29, 1.82) is 0 Å². The lowest BCUT2D eigenvalue weighted by molar-refractivity contribution is 0.0977. The molecular weight excluding hydrogens is 234 g/mol. The van der Waals surface area contributed by atoms with Gasteiger partial charge in [0.1, 0.15) is 0 Å². The van der Waals surface area contributed by atoms with E-state index in [-0.39, 0.29) is 11.7 Å². The third kappa shape index (κ3) is 1.90. The first kappa shape index (κ1) is 11.0. The van der Waals surface area contributed by atoms with Crippen molar-refractivity contribution < 1.29 is 9.59 Å². The Balaban J connectivity index is 2.07. The molecule has 0 aliphatic heterocycles. The average Bonchev–Trinajstić information content (AvgIpc) is 2.98. The zero-order valence-electron chi connectivity index (χ0n) is 9.62. The van der Waals surface area contributed by atoms with Gasteiger partial charge in [0.2, 0.25) is 5.91 Å². The number of Topliss-reactive ketones (excluding diaryl/α,β-unsaturated/α-hetero) is 1. The third-order valence-electron chi connectivity index (χ3n) is 3.58. The maximum atomic E-state index is 11.8. The van der Waals surface area contributed by atoms with E-state index in [4.69, 9.17) is 5.73 Å². The second-order valence-electron chi connectivity index (χ2n) is 5.00. The molecule has 17 heavy (non-hydrogen) atoms. The molecule has 4 heteroatoms. The molecule has 1 saturated carbocycles. The van der Waals surface area contributed by atoms with Gasteiger partial charge in [-0.15, -0.1) is 11.3 Å². The molecule has 0 spiro atoms. The van der Waals surface area contributed by atoms with Crippen molar-refractivity contribution in [1.82, 2.24) is 0 Å².